The Kier molecular flexibility index (Phi) is 5.46. The number of aryl methyl sites for hydroxylation is 2. The first-order valence-corrected chi connectivity index (χ1v) is 8.93. The molecule has 28 heavy (non-hydrogen) atoms. The number of carbonyl (C=O) groups is 1. The number of fused-ring (bicyclic) bond motifs is 1. The van der Waals surface area contributed by atoms with Crippen LogP contribution in [0, 0.1) is 25.2 Å². The van der Waals surface area contributed by atoms with E-state index in [2.05, 4.69) is 9.97 Å². The van der Waals surface area contributed by atoms with Crippen LogP contribution >= 0.6 is 0 Å². The molecule has 0 aliphatic carbocycles. The summed E-state index contributed by atoms with van der Waals surface area (Å²) in [6, 6.07) is 15.0. The molecule has 0 spiro atoms. The molecular formula is C22H21N3O3. The van der Waals surface area contributed by atoms with Crippen LogP contribution < -0.4 is 0 Å². The lowest BCUT2D eigenvalue weighted by Crippen LogP contribution is -2.19. The topological polar surface area (TPSA) is 99.0 Å². The zero-order valence-corrected chi connectivity index (χ0v) is 16.0. The fraction of sp³-hybridized carbons (Fsp3) is 0.227. The summed E-state index contributed by atoms with van der Waals surface area (Å²) in [5, 5.41) is 20.0. The van der Waals surface area contributed by atoms with E-state index in [-0.39, 0.29) is 23.6 Å². The molecule has 0 fully saturated rings. The van der Waals surface area contributed by atoms with Crippen molar-refractivity contribution >= 4 is 22.6 Å². The van der Waals surface area contributed by atoms with E-state index in [4.69, 9.17) is 4.74 Å². The Morgan fingerprint density at radius 3 is 2.68 bits per heavy atom. The Balaban J connectivity index is 1.77. The van der Waals surface area contributed by atoms with Gasteiger partial charge in [0.2, 0.25) is 0 Å². The highest BCUT2D eigenvalue weighted by Gasteiger charge is 2.21. The fourth-order valence-corrected chi connectivity index (χ4v) is 2.88. The molecule has 3 rings (SSSR count). The van der Waals surface area contributed by atoms with Gasteiger partial charge in [-0.05, 0) is 49.6 Å². The second-order valence-corrected chi connectivity index (χ2v) is 6.70. The number of ether oxygens (including phenoxy) is 1. The summed E-state index contributed by atoms with van der Waals surface area (Å²) in [5.41, 5.74) is 4.45. The van der Waals surface area contributed by atoms with Gasteiger partial charge in [-0.1, -0.05) is 30.3 Å². The molecule has 2 N–H and O–H groups in total. The molecule has 1 atom stereocenters. The van der Waals surface area contributed by atoms with Gasteiger partial charge < -0.3 is 14.8 Å². The van der Waals surface area contributed by atoms with Gasteiger partial charge in [0, 0.05) is 0 Å². The minimum atomic E-state index is -0.970. The van der Waals surface area contributed by atoms with Gasteiger partial charge in [-0.25, -0.2) is 4.98 Å². The summed E-state index contributed by atoms with van der Waals surface area (Å²) in [6.07, 6.45) is -0.882. The van der Waals surface area contributed by atoms with E-state index in [1.54, 1.807) is 6.07 Å². The molecule has 0 amide bonds. The van der Waals surface area contributed by atoms with Gasteiger partial charge in [0.25, 0.3) is 0 Å². The zero-order valence-electron chi connectivity index (χ0n) is 16.0. The van der Waals surface area contributed by atoms with E-state index in [0.717, 1.165) is 22.2 Å². The lowest BCUT2D eigenvalue weighted by atomic mass is 10.0. The van der Waals surface area contributed by atoms with E-state index in [9.17, 15) is 15.2 Å². The minimum absolute atomic E-state index is 0.0531. The first kappa shape index (κ1) is 19.2. The summed E-state index contributed by atoms with van der Waals surface area (Å²) >= 11 is 0. The molecule has 0 saturated heterocycles. The molecule has 142 valence electrons. The standard InChI is InChI=1S/C22H21N3O3/c1-13-8-9-16(10-14(13)2)11-20(26)28-15(3)21(27)17(12-23)22-24-18-6-4-5-7-19(18)25-22/h4-10,15,27H,11H2,1-3H3,(H,24,25)/b21-17-/t15-/m1/s1. The fourth-order valence-electron chi connectivity index (χ4n) is 2.88. The summed E-state index contributed by atoms with van der Waals surface area (Å²) < 4.78 is 5.32. The quantitative estimate of drug-likeness (QED) is 0.396. The molecule has 1 aromatic heterocycles. The first-order valence-electron chi connectivity index (χ1n) is 8.93. The largest absolute Gasteiger partial charge is 0.507 e. The van der Waals surface area contributed by atoms with Gasteiger partial charge >= 0.3 is 5.97 Å². The second kappa shape index (κ2) is 7.97. The van der Waals surface area contributed by atoms with Crippen molar-refractivity contribution in [3.05, 3.63) is 70.7 Å². The van der Waals surface area contributed by atoms with Crippen LogP contribution in [0.4, 0.5) is 0 Å². The van der Waals surface area contributed by atoms with E-state index >= 15 is 0 Å². The number of allylic oxidation sites excluding steroid dienone is 1. The van der Waals surface area contributed by atoms with Gasteiger partial charge in [-0.2, -0.15) is 5.26 Å². The van der Waals surface area contributed by atoms with Crippen LogP contribution in [-0.4, -0.2) is 27.1 Å². The normalized spacial score (nSPS) is 12.9. The highest BCUT2D eigenvalue weighted by atomic mass is 16.6. The number of aromatic nitrogens is 2. The molecule has 0 aliphatic rings. The van der Waals surface area contributed by atoms with Crippen LogP contribution in [-0.2, 0) is 16.0 Å². The smallest absolute Gasteiger partial charge is 0.310 e. The Morgan fingerprint density at radius 1 is 1.25 bits per heavy atom. The molecule has 2 aromatic carbocycles. The Morgan fingerprint density at radius 2 is 2.00 bits per heavy atom. The van der Waals surface area contributed by atoms with Crippen molar-refractivity contribution in [3.63, 3.8) is 0 Å². The van der Waals surface area contributed by atoms with E-state index in [0.29, 0.717) is 5.52 Å². The number of benzene rings is 2. The molecule has 0 saturated carbocycles. The maximum Gasteiger partial charge on any atom is 0.310 e. The van der Waals surface area contributed by atoms with Crippen molar-refractivity contribution in [1.29, 1.82) is 5.26 Å². The van der Waals surface area contributed by atoms with Gasteiger partial charge in [-0.15, -0.1) is 0 Å². The summed E-state index contributed by atoms with van der Waals surface area (Å²) in [5.74, 6) is -0.586. The van der Waals surface area contributed by atoms with Crippen molar-refractivity contribution in [2.24, 2.45) is 0 Å². The van der Waals surface area contributed by atoms with Gasteiger partial charge in [0.15, 0.2) is 17.7 Å². The molecule has 0 aliphatic heterocycles. The summed E-state index contributed by atoms with van der Waals surface area (Å²) in [7, 11) is 0. The van der Waals surface area contributed by atoms with Crippen LogP contribution in [0.25, 0.3) is 16.6 Å². The SMILES string of the molecule is Cc1ccc(CC(=O)O[C@H](C)/C(O)=C(\C#N)c2nc3ccccc3[nH]2)cc1C. The Bertz CT molecular complexity index is 1070. The lowest BCUT2D eigenvalue weighted by Gasteiger charge is -2.14. The number of rotatable bonds is 5. The average Bonchev–Trinajstić information content (AvgIpc) is 3.08. The maximum absolute atomic E-state index is 12.2. The van der Waals surface area contributed by atoms with Gasteiger partial charge in [-0.3, -0.25) is 4.79 Å². The summed E-state index contributed by atoms with van der Waals surface area (Å²) in [4.78, 5) is 19.6. The van der Waals surface area contributed by atoms with Crippen LogP contribution in [0.15, 0.2) is 48.2 Å². The third-order valence-electron chi connectivity index (χ3n) is 4.61. The maximum atomic E-state index is 12.2. The van der Waals surface area contributed by atoms with Crippen molar-refractivity contribution in [2.75, 3.05) is 0 Å². The molecule has 6 nitrogen and oxygen atoms in total. The number of nitrogens with one attached hydrogen (secondary N) is 1. The van der Waals surface area contributed by atoms with Crippen molar-refractivity contribution < 1.29 is 14.6 Å². The monoisotopic (exact) mass is 375 g/mol. The number of aliphatic hydroxyl groups excluding tert-OH is 1. The van der Waals surface area contributed by atoms with Gasteiger partial charge in [0.1, 0.15) is 11.6 Å². The number of nitrogens with zero attached hydrogens (tertiary/aromatic N) is 2. The number of esters is 1. The van der Waals surface area contributed by atoms with Crippen LogP contribution in [0.1, 0.15) is 29.4 Å². The highest BCUT2D eigenvalue weighted by molar-refractivity contribution is 5.83. The number of aromatic amines is 1. The molecule has 0 radical (unpaired) electrons. The highest BCUT2D eigenvalue weighted by Crippen LogP contribution is 2.21. The van der Waals surface area contributed by atoms with Crippen LogP contribution in [0.3, 0.4) is 0 Å². The molecule has 0 bridgehead atoms. The molecule has 0 unspecified atom stereocenters. The van der Waals surface area contributed by atoms with E-state index < -0.39 is 12.1 Å². The first-order chi connectivity index (χ1) is 13.4. The number of imidazole rings is 1. The predicted octanol–water partition coefficient (Wildman–Crippen LogP) is 4.15. The number of nitriles is 1. The summed E-state index contributed by atoms with van der Waals surface area (Å²) in [6.45, 7) is 5.51. The Labute approximate surface area is 163 Å². The number of para-hydroxylation sites is 2. The number of hydrogen-bond donors (Lipinski definition) is 2. The van der Waals surface area contributed by atoms with E-state index in [1.165, 1.54) is 6.92 Å². The van der Waals surface area contributed by atoms with Crippen molar-refractivity contribution in [2.45, 2.75) is 33.3 Å². The van der Waals surface area contributed by atoms with E-state index in [1.807, 2.05) is 56.3 Å². The molecule has 1 heterocycles. The van der Waals surface area contributed by atoms with Crippen molar-refractivity contribution in [3.8, 4) is 6.07 Å². The van der Waals surface area contributed by atoms with Crippen molar-refractivity contribution in [1.82, 2.24) is 9.97 Å². The minimum Gasteiger partial charge on any atom is -0.507 e. The van der Waals surface area contributed by atoms with Crippen LogP contribution in [0.5, 0.6) is 0 Å². The lowest BCUT2D eigenvalue weighted by molar-refractivity contribution is -0.146. The Hall–Kier alpha value is -3.59. The number of aliphatic hydroxyl groups is 1. The second-order valence-electron chi connectivity index (χ2n) is 6.70. The average molecular weight is 375 g/mol. The number of H-pyrrole nitrogens is 1. The number of carbonyl (C=O) groups excluding carboxylic acids is 1. The number of hydrogen-bond acceptors (Lipinski definition) is 5. The zero-order chi connectivity index (χ0) is 20.3. The molecular weight excluding hydrogens is 354 g/mol. The third kappa shape index (κ3) is 4.04. The predicted molar refractivity (Wildman–Crippen MR) is 106 cm³/mol. The molecule has 3 aromatic rings. The molecule has 6 heteroatoms. The van der Waals surface area contributed by atoms with Gasteiger partial charge in [0.05, 0.1) is 17.5 Å². The van der Waals surface area contributed by atoms with Crippen LogP contribution in [0.2, 0.25) is 0 Å². The third-order valence-corrected chi connectivity index (χ3v) is 4.61.